The number of anilines is 1. The van der Waals surface area contributed by atoms with E-state index in [0.29, 0.717) is 18.2 Å². The first-order valence-corrected chi connectivity index (χ1v) is 12.9. The van der Waals surface area contributed by atoms with Crippen LogP contribution in [0.2, 0.25) is 0 Å². The smallest absolute Gasteiger partial charge is 0.246 e. The van der Waals surface area contributed by atoms with Crippen LogP contribution in [-0.4, -0.2) is 35.5 Å². The zero-order chi connectivity index (χ0) is 19.3. The lowest BCUT2D eigenvalue weighted by Crippen LogP contribution is -2.39. The summed E-state index contributed by atoms with van der Waals surface area (Å²) in [5.41, 5.74) is 3.98. The van der Waals surface area contributed by atoms with Gasteiger partial charge in [0.1, 0.15) is 0 Å². The minimum absolute atomic E-state index is 0.382. The van der Waals surface area contributed by atoms with E-state index in [2.05, 4.69) is 20.8 Å². The van der Waals surface area contributed by atoms with Crippen LogP contribution in [0.15, 0.2) is 40.7 Å². The van der Waals surface area contributed by atoms with Gasteiger partial charge in [0.25, 0.3) is 0 Å². The second kappa shape index (κ2) is 6.96. The number of nitrogens with zero attached hydrogens (tertiary/aromatic N) is 3. The molecule has 0 amide bonds. The fourth-order valence-corrected chi connectivity index (χ4v) is 7.36. The van der Waals surface area contributed by atoms with Gasteiger partial charge in [-0.3, -0.25) is 0 Å². The summed E-state index contributed by atoms with van der Waals surface area (Å²) in [6.45, 7) is 0.847. The van der Waals surface area contributed by atoms with Crippen LogP contribution in [0.4, 0.5) is 5.13 Å². The molecule has 1 aliphatic heterocycles. The van der Waals surface area contributed by atoms with Gasteiger partial charge in [0.15, 0.2) is 9.47 Å². The molecule has 0 unspecified atom stereocenters. The van der Waals surface area contributed by atoms with Crippen LogP contribution >= 0.6 is 34.4 Å². The van der Waals surface area contributed by atoms with Gasteiger partial charge in [0.2, 0.25) is 0 Å². The monoisotopic (exact) mass is 448 g/mol. The van der Waals surface area contributed by atoms with Gasteiger partial charge in [-0.25, -0.2) is 14.7 Å². The molecule has 10 heteroatoms. The zero-order valence-corrected chi connectivity index (χ0v) is 18.1. The lowest BCUT2D eigenvalue weighted by molar-refractivity contribution is 0.394. The third-order valence-electron chi connectivity index (χ3n) is 4.72. The van der Waals surface area contributed by atoms with Gasteiger partial charge in [-0.05, 0) is 35.9 Å². The molecule has 0 radical (unpaired) electrons. The molecule has 6 nitrogen and oxygen atoms in total. The fraction of sp³-hybridized carbons (Fsp3) is 0.222. The molecular formula is C18H16N4O2S4. The van der Waals surface area contributed by atoms with Crippen LogP contribution in [-0.2, 0) is 23.2 Å². The Morgan fingerprint density at radius 3 is 2.54 bits per heavy atom. The summed E-state index contributed by atoms with van der Waals surface area (Å²) in [5, 5.41) is 0.389. The maximum absolute atomic E-state index is 12.9. The molecule has 0 saturated heterocycles. The highest BCUT2D eigenvalue weighted by molar-refractivity contribution is 8.00. The summed E-state index contributed by atoms with van der Waals surface area (Å²) in [4.78, 5) is 9.07. The molecule has 0 bridgehead atoms. The topological polar surface area (TPSA) is 75.2 Å². The minimum atomic E-state index is -3.66. The van der Waals surface area contributed by atoms with E-state index in [0.717, 1.165) is 36.8 Å². The number of fused-ring (bicyclic) bond motifs is 4. The lowest BCUT2D eigenvalue weighted by atomic mass is 10.0. The average Bonchev–Trinajstić information content (AvgIpc) is 3.30. The van der Waals surface area contributed by atoms with Crippen LogP contribution in [0.3, 0.4) is 0 Å². The SMILES string of the molecule is CSc1nc2ccc3nc(NS(=O)(=O)N4CCc5ccccc5C4)sc3c2s1. The molecule has 3 heterocycles. The summed E-state index contributed by atoms with van der Waals surface area (Å²) in [5.74, 6) is 0. The van der Waals surface area contributed by atoms with E-state index in [1.54, 1.807) is 23.1 Å². The first-order chi connectivity index (χ1) is 13.5. The van der Waals surface area contributed by atoms with Gasteiger partial charge < -0.3 is 0 Å². The quantitative estimate of drug-likeness (QED) is 0.470. The van der Waals surface area contributed by atoms with Crippen LogP contribution in [0.25, 0.3) is 20.4 Å². The van der Waals surface area contributed by atoms with E-state index in [1.807, 2.05) is 36.6 Å². The summed E-state index contributed by atoms with van der Waals surface area (Å²) >= 11 is 4.58. The highest BCUT2D eigenvalue weighted by atomic mass is 32.2. The molecule has 28 heavy (non-hydrogen) atoms. The Balaban J connectivity index is 1.46. The normalized spacial score (nSPS) is 15.2. The number of hydrogen-bond acceptors (Lipinski definition) is 7. The third kappa shape index (κ3) is 3.18. The number of thioether (sulfide) groups is 1. The summed E-state index contributed by atoms with van der Waals surface area (Å²) < 4.78 is 33.0. The number of benzene rings is 2. The average molecular weight is 449 g/mol. The van der Waals surface area contributed by atoms with Crippen molar-refractivity contribution in [2.75, 3.05) is 17.5 Å². The van der Waals surface area contributed by atoms with Crippen molar-refractivity contribution < 1.29 is 8.42 Å². The molecule has 0 fully saturated rings. The molecular weight excluding hydrogens is 432 g/mol. The second-order valence-corrected chi connectivity index (χ2v) is 11.1. The van der Waals surface area contributed by atoms with E-state index in [9.17, 15) is 8.42 Å². The molecule has 0 saturated carbocycles. The van der Waals surface area contributed by atoms with E-state index < -0.39 is 10.2 Å². The summed E-state index contributed by atoms with van der Waals surface area (Å²) in [6, 6.07) is 11.8. The third-order valence-corrected chi connectivity index (χ3v) is 9.50. The molecule has 1 N–H and O–H groups in total. The molecule has 4 aromatic rings. The van der Waals surface area contributed by atoms with Crippen molar-refractivity contribution in [2.24, 2.45) is 0 Å². The van der Waals surface area contributed by atoms with Gasteiger partial charge in [0.05, 0.1) is 20.4 Å². The van der Waals surface area contributed by atoms with E-state index in [-0.39, 0.29) is 0 Å². The second-order valence-electron chi connectivity index (χ2n) is 6.42. The zero-order valence-electron chi connectivity index (χ0n) is 14.9. The number of thiazole rings is 2. The van der Waals surface area contributed by atoms with Crippen molar-refractivity contribution in [1.29, 1.82) is 0 Å². The Bertz CT molecular complexity index is 1300. The van der Waals surface area contributed by atoms with E-state index in [1.165, 1.54) is 21.2 Å². The van der Waals surface area contributed by atoms with E-state index in [4.69, 9.17) is 0 Å². The van der Waals surface area contributed by atoms with Crippen LogP contribution < -0.4 is 4.72 Å². The number of hydrogen-bond donors (Lipinski definition) is 1. The Labute approximate surface area is 174 Å². The molecule has 5 rings (SSSR count). The number of rotatable bonds is 4. The Kier molecular flexibility index (Phi) is 4.55. The summed E-state index contributed by atoms with van der Waals surface area (Å²) in [7, 11) is -3.66. The highest BCUT2D eigenvalue weighted by Crippen LogP contribution is 2.38. The van der Waals surface area contributed by atoms with Crippen molar-refractivity contribution in [2.45, 2.75) is 17.3 Å². The molecule has 0 atom stereocenters. The molecule has 0 spiro atoms. The highest BCUT2D eigenvalue weighted by Gasteiger charge is 2.27. The maximum Gasteiger partial charge on any atom is 0.303 e. The van der Waals surface area contributed by atoms with Crippen molar-refractivity contribution >= 4 is 70.2 Å². The Morgan fingerprint density at radius 2 is 1.75 bits per heavy atom. The predicted molar refractivity (Wildman–Crippen MR) is 118 cm³/mol. The number of nitrogens with one attached hydrogen (secondary N) is 1. The first kappa shape index (κ1) is 18.3. The summed E-state index contributed by atoms with van der Waals surface area (Å²) in [6.07, 6.45) is 2.72. The Hall–Kier alpha value is -1.72. The molecule has 144 valence electrons. The standard InChI is InChI=1S/C18H16N4O2S4/c1-25-18-20-14-7-6-13-15(16(14)27-18)26-17(19-13)21-28(23,24)22-9-8-11-4-2-3-5-12(11)10-22/h2-7H,8-10H2,1H3,(H,19,21). The maximum atomic E-state index is 12.9. The van der Waals surface area contributed by atoms with Crippen LogP contribution in [0.1, 0.15) is 11.1 Å². The van der Waals surface area contributed by atoms with Crippen molar-refractivity contribution in [3.05, 3.63) is 47.5 Å². The minimum Gasteiger partial charge on any atom is -0.246 e. The van der Waals surface area contributed by atoms with Gasteiger partial charge in [-0.1, -0.05) is 47.4 Å². The fourth-order valence-electron chi connectivity index (χ4n) is 3.33. The van der Waals surface area contributed by atoms with Crippen molar-refractivity contribution in [3.63, 3.8) is 0 Å². The van der Waals surface area contributed by atoms with Crippen molar-refractivity contribution in [3.8, 4) is 0 Å². The Morgan fingerprint density at radius 1 is 1.04 bits per heavy atom. The van der Waals surface area contributed by atoms with Gasteiger partial charge >= 0.3 is 10.2 Å². The van der Waals surface area contributed by atoms with E-state index >= 15 is 0 Å². The van der Waals surface area contributed by atoms with Crippen LogP contribution in [0, 0.1) is 0 Å². The van der Waals surface area contributed by atoms with Crippen LogP contribution in [0.5, 0.6) is 0 Å². The lowest BCUT2D eigenvalue weighted by Gasteiger charge is -2.27. The van der Waals surface area contributed by atoms with Gasteiger partial charge in [0, 0.05) is 13.1 Å². The molecule has 2 aromatic carbocycles. The first-order valence-electron chi connectivity index (χ1n) is 8.62. The van der Waals surface area contributed by atoms with Crippen molar-refractivity contribution in [1.82, 2.24) is 14.3 Å². The largest absolute Gasteiger partial charge is 0.303 e. The van der Waals surface area contributed by atoms with Gasteiger partial charge in [-0.15, -0.1) is 11.3 Å². The molecule has 0 aliphatic carbocycles. The predicted octanol–water partition coefficient (Wildman–Crippen LogP) is 4.34. The molecule has 1 aliphatic rings. The molecule has 2 aromatic heterocycles. The van der Waals surface area contributed by atoms with Gasteiger partial charge in [-0.2, -0.15) is 12.7 Å². The number of aromatic nitrogens is 2.